The molecule has 0 atom stereocenters. The molecule has 0 aliphatic heterocycles. The van der Waals surface area contributed by atoms with Crippen LogP contribution in [0.15, 0.2) is 84.9 Å². The first-order chi connectivity index (χ1) is 38.7. The van der Waals surface area contributed by atoms with Gasteiger partial charge in [0.1, 0.15) is 13.2 Å². The Morgan fingerprint density at radius 3 is 1.32 bits per heavy atom. The molecule has 0 aliphatic rings. The van der Waals surface area contributed by atoms with Crippen LogP contribution >= 0.6 is 11.6 Å². The van der Waals surface area contributed by atoms with E-state index in [9.17, 15) is 45.5 Å². The topological polar surface area (TPSA) is 249 Å². The van der Waals surface area contributed by atoms with E-state index >= 15 is 0 Å². The lowest BCUT2D eigenvalue weighted by atomic mass is 9.95. The third-order valence-electron chi connectivity index (χ3n) is 11.2. The van der Waals surface area contributed by atoms with Gasteiger partial charge in [0.2, 0.25) is 22.8 Å². The summed E-state index contributed by atoms with van der Waals surface area (Å²) in [5, 5.41) is 26.5. The normalized spacial score (nSPS) is 11.4. The number of hydrogen-bond donors (Lipinski definition) is 2. The number of nitrogens with zero attached hydrogens (tertiary/aromatic N) is 8. The van der Waals surface area contributed by atoms with E-state index in [1.807, 2.05) is 0 Å². The third kappa shape index (κ3) is 24.8. The highest BCUT2D eigenvalue weighted by molar-refractivity contribution is 6.63. The maximum Gasteiger partial charge on any atom is 0.416 e. The molecule has 1 amide bonds. The molecule has 81 heavy (non-hydrogen) atoms. The lowest BCUT2D eigenvalue weighted by Crippen LogP contribution is -2.30. The molecule has 0 unspecified atom stereocenters. The van der Waals surface area contributed by atoms with Gasteiger partial charge in [-0.1, -0.05) is 48.5 Å². The smallest absolute Gasteiger partial charge is 0.379 e. The van der Waals surface area contributed by atoms with Gasteiger partial charge in [-0.3, -0.25) is 19.2 Å². The van der Waals surface area contributed by atoms with Crippen LogP contribution in [0.25, 0.3) is 22.8 Å². The van der Waals surface area contributed by atoms with E-state index in [-0.39, 0.29) is 37.1 Å². The molecule has 6 aromatic rings. The van der Waals surface area contributed by atoms with Gasteiger partial charge in [0.25, 0.3) is 0 Å². The minimum atomic E-state index is -4.40. The average molecular weight is 1160 g/mol. The summed E-state index contributed by atoms with van der Waals surface area (Å²) in [7, 11) is 6.11. The summed E-state index contributed by atoms with van der Waals surface area (Å²) in [6, 6.07) is 20.3. The Hall–Kier alpha value is -6.91. The summed E-state index contributed by atoms with van der Waals surface area (Å²) in [6.07, 6.45) is -6.49. The van der Waals surface area contributed by atoms with Gasteiger partial charge in [0, 0.05) is 75.6 Å². The fraction of sp³-hybridized carbons (Fsp3) is 0.444. The summed E-state index contributed by atoms with van der Waals surface area (Å²) in [6.45, 7) is 4.13. The van der Waals surface area contributed by atoms with E-state index in [0.717, 1.165) is 35.4 Å². The van der Waals surface area contributed by atoms with Gasteiger partial charge < -0.3 is 39.5 Å². The summed E-state index contributed by atoms with van der Waals surface area (Å²) in [4.78, 5) is 49.1. The average Bonchev–Trinajstić information content (AvgIpc) is 4.14. The summed E-state index contributed by atoms with van der Waals surface area (Å²) >= 11 is 4.81. The molecule has 2 heterocycles. The van der Waals surface area contributed by atoms with E-state index in [4.69, 9.17) is 41.0 Å². The molecule has 0 saturated heterocycles. The first-order valence-corrected chi connectivity index (χ1v) is 25.7. The van der Waals surface area contributed by atoms with E-state index in [1.165, 1.54) is 48.1 Å². The van der Waals surface area contributed by atoms with Crippen LogP contribution in [0.5, 0.6) is 0 Å². The van der Waals surface area contributed by atoms with Crippen molar-refractivity contribution in [2.75, 3.05) is 93.4 Å². The number of carbonyl (C=O) groups is 4. The fourth-order valence-electron chi connectivity index (χ4n) is 7.31. The zero-order valence-electron chi connectivity index (χ0n) is 45.2. The number of alkyl halides is 6. The van der Waals surface area contributed by atoms with Crippen molar-refractivity contribution in [3.63, 3.8) is 0 Å². The van der Waals surface area contributed by atoms with Crippen LogP contribution in [0.4, 0.5) is 26.3 Å². The number of aromatic nitrogens is 8. The van der Waals surface area contributed by atoms with E-state index in [0.29, 0.717) is 143 Å². The zero-order chi connectivity index (χ0) is 59.2. The predicted octanol–water partition coefficient (Wildman–Crippen LogP) is 7.09. The molecule has 4 aromatic carbocycles. The van der Waals surface area contributed by atoms with E-state index in [1.54, 1.807) is 50.5 Å². The van der Waals surface area contributed by atoms with Crippen LogP contribution in [-0.2, 0) is 77.3 Å². The minimum Gasteiger partial charge on any atom is -0.379 e. The Balaban J connectivity index is 0.000000318. The highest BCUT2D eigenvalue weighted by atomic mass is 35.5. The maximum absolute atomic E-state index is 12.9. The van der Waals surface area contributed by atoms with Gasteiger partial charge in [0.05, 0.1) is 64.9 Å². The first kappa shape index (κ1) is 66.6. The molecule has 0 saturated carbocycles. The Labute approximate surface area is 468 Å². The molecule has 27 heteroatoms. The molecule has 2 aromatic heterocycles. The standard InChI is InChI=1S/C27H32F3N5O5.C24H28F3N5O3.C3H5ClO2/c1-35-33-26(32-34-35)23-17-21(8-7-20(23)16-19-5-9-22(10-6-19)27(28,29)30)24(36)4-3-12-39-14-15-40-13-11-31-25(37)18-38-2;1-32-30-23(29-31-32)21-16-19(22(33)3-2-11-34-13-14-35-12-10-28)7-6-18(21)15-17-4-8-20(9-5-17)24(25,26)27;1-6-2-3(4)5/h5-10,17H,3-4,11-16,18H2,1-2H3,(H,31,37);4-9,16H,2-3,10-15,28H2,1H3;2H2,1H3. The molecular weight excluding hydrogens is 1100 g/mol. The van der Waals surface area contributed by atoms with Crippen molar-refractivity contribution in [2.24, 2.45) is 19.8 Å². The third-order valence-corrected chi connectivity index (χ3v) is 11.3. The predicted molar refractivity (Wildman–Crippen MR) is 284 cm³/mol. The number of aryl methyl sites for hydroxylation is 2. The van der Waals surface area contributed by atoms with Crippen molar-refractivity contribution in [3.8, 4) is 22.8 Å². The number of nitrogens with one attached hydrogen (secondary N) is 1. The number of ketones is 2. The molecule has 0 bridgehead atoms. The molecule has 0 radical (unpaired) electrons. The van der Waals surface area contributed by atoms with Crippen molar-refractivity contribution in [1.29, 1.82) is 0 Å². The van der Waals surface area contributed by atoms with Crippen molar-refractivity contribution >= 4 is 34.3 Å². The van der Waals surface area contributed by atoms with Gasteiger partial charge in [-0.05, 0) is 106 Å². The quantitative estimate of drug-likeness (QED) is 0.0191. The number of halogens is 7. The van der Waals surface area contributed by atoms with Crippen molar-refractivity contribution < 1.29 is 73.9 Å². The number of Topliss-reactive ketones (excluding diaryl/α,β-unsaturated/α-hetero) is 2. The Kier molecular flexibility index (Phi) is 28.8. The summed E-state index contributed by atoms with van der Waals surface area (Å²) < 4.78 is 108. The van der Waals surface area contributed by atoms with Gasteiger partial charge in [0.15, 0.2) is 11.6 Å². The van der Waals surface area contributed by atoms with Crippen LogP contribution < -0.4 is 11.1 Å². The Bertz CT molecular complexity index is 2870. The molecule has 0 fully saturated rings. The highest BCUT2D eigenvalue weighted by Crippen LogP contribution is 2.32. The number of rotatable bonds is 31. The van der Waals surface area contributed by atoms with Crippen LogP contribution in [0.3, 0.4) is 0 Å². The number of carbonyl (C=O) groups excluding carboxylic acids is 4. The second-order valence-electron chi connectivity index (χ2n) is 17.6. The Morgan fingerprint density at radius 1 is 0.568 bits per heavy atom. The zero-order valence-corrected chi connectivity index (χ0v) is 46.0. The molecular formula is C54H65ClF6N10O10. The van der Waals surface area contributed by atoms with Gasteiger partial charge >= 0.3 is 12.4 Å². The number of amides is 1. The van der Waals surface area contributed by atoms with Crippen molar-refractivity contribution in [3.05, 3.63) is 129 Å². The molecule has 20 nitrogen and oxygen atoms in total. The number of ether oxygens (including phenoxy) is 6. The number of methoxy groups -OCH3 is 2. The molecule has 0 aliphatic carbocycles. The Morgan fingerprint density at radius 2 is 0.975 bits per heavy atom. The summed E-state index contributed by atoms with van der Waals surface area (Å²) in [5.41, 5.74) is 8.98. The van der Waals surface area contributed by atoms with Gasteiger partial charge in [-0.25, -0.2) is 0 Å². The lowest BCUT2D eigenvalue weighted by molar-refractivity contribution is -0.138. The monoisotopic (exact) mass is 1160 g/mol. The van der Waals surface area contributed by atoms with E-state index < -0.39 is 28.7 Å². The highest BCUT2D eigenvalue weighted by Gasteiger charge is 2.31. The van der Waals surface area contributed by atoms with Crippen LogP contribution in [0.2, 0.25) is 0 Å². The summed E-state index contributed by atoms with van der Waals surface area (Å²) in [5.74, 6) is 0.309. The number of tetrazole rings is 2. The number of hydrogen-bond acceptors (Lipinski definition) is 17. The van der Waals surface area contributed by atoms with Crippen molar-refractivity contribution in [1.82, 2.24) is 45.7 Å². The van der Waals surface area contributed by atoms with Crippen LogP contribution in [0.1, 0.15) is 79.8 Å². The fourth-order valence-corrected chi connectivity index (χ4v) is 7.42. The SMILES string of the molecule is COCC(=O)Cl.COCC(=O)NCCOCCOCCCC(=O)c1ccc(Cc2ccc(C(F)(F)F)cc2)c(-c2nnn(C)n2)c1.Cn1nnc(-c2cc(C(=O)CCCOCCOCCN)ccc2Cc2ccc(C(F)(F)F)cc2)n1. The molecule has 440 valence electrons. The maximum atomic E-state index is 12.9. The van der Waals surface area contributed by atoms with Crippen LogP contribution in [0, 0.1) is 0 Å². The van der Waals surface area contributed by atoms with Gasteiger partial charge in [-0.2, -0.15) is 35.9 Å². The molecule has 3 N–H and O–H groups in total. The van der Waals surface area contributed by atoms with E-state index in [2.05, 4.69) is 40.9 Å². The second kappa shape index (κ2) is 35.1. The number of benzene rings is 4. The lowest BCUT2D eigenvalue weighted by Gasteiger charge is -2.11. The first-order valence-electron chi connectivity index (χ1n) is 25.3. The molecule has 0 spiro atoms. The van der Waals surface area contributed by atoms with Crippen LogP contribution in [-0.4, -0.2) is 157 Å². The van der Waals surface area contributed by atoms with Gasteiger partial charge in [-0.15, -0.1) is 20.4 Å². The van der Waals surface area contributed by atoms with Crippen molar-refractivity contribution in [2.45, 2.75) is 50.9 Å². The molecule has 6 rings (SSSR count). The minimum absolute atomic E-state index is 0.00154. The second-order valence-corrected chi connectivity index (χ2v) is 18.0. The number of nitrogens with two attached hydrogens (primary N) is 1. The largest absolute Gasteiger partial charge is 0.416 e.